The molecule has 166 valence electrons. The predicted molar refractivity (Wildman–Crippen MR) is 122 cm³/mol. The van der Waals surface area contributed by atoms with Crippen molar-refractivity contribution in [3.63, 3.8) is 0 Å². The van der Waals surface area contributed by atoms with Crippen molar-refractivity contribution in [1.29, 1.82) is 0 Å². The monoisotopic (exact) mass is 423 g/mol. The number of carbonyl (C=O) groups excluding carboxylic acids is 1. The lowest BCUT2D eigenvalue weighted by Crippen LogP contribution is -2.39. The molecule has 1 N–H and O–H groups in total. The Labute approximate surface area is 185 Å². The number of rotatable bonds is 6. The summed E-state index contributed by atoms with van der Waals surface area (Å²) in [7, 11) is 0. The molecule has 0 radical (unpaired) electrons. The molecule has 4 rings (SSSR count). The van der Waals surface area contributed by atoms with Gasteiger partial charge in [0.25, 0.3) is 5.91 Å². The summed E-state index contributed by atoms with van der Waals surface area (Å²) in [5.41, 5.74) is 2.61. The number of carbonyl (C=O) groups is 1. The van der Waals surface area contributed by atoms with Gasteiger partial charge in [0.2, 0.25) is 0 Å². The van der Waals surface area contributed by atoms with E-state index in [9.17, 15) is 4.79 Å². The van der Waals surface area contributed by atoms with Gasteiger partial charge in [-0.15, -0.1) is 0 Å². The van der Waals surface area contributed by atoms with Gasteiger partial charge >= 0.3 is 0 Å². The van der Waals surface area contributed by atoms with Crippen LogP contribution in [0.1, 0.15) is 55.5 Å². The van der Waals surface area contributed by atoms with Gasteiger partial charge in [0.1, 0.15) is 12.4 Å². The van der Waals surface area contributed by atoms with E-state index in [1.807, 2.05) is 37.4 Å². The van der Waals surface area contributed by atoms with Gasteiger partial charge in [-0.2, -0.15) is 0 Å². The zero-order chi connectivity index (χ0) is 21.8. The Morgan fingerprint density at radius 1 is 1.23 bits per heavy atom. The molecule has 0 saturated heterocycles. The molecule has 1 saturated carbocycles. The van der Waals surface area contributed by atoms with Crippen LogP contribution in [0.15, 0.2) is 36.5 Å². The molecular formula is C25H33N3O3. The van der Waals surface area contributed by atoms with Gasteiger partial charge in [-0.3, -0.25) is 4.79 Å². The molecule has 1 aliphatic heterocycles. The highest BCUT2D eigenvalue weighted by Crippen LogP contribution is 2.38. The van der Waals surface area contributed by atoms with Crippen molar-refractivity contribution >= 4 is 17.4 Å². The van der Waals surface area contributed by atoms with Crippen LogP contribution in [0.25, 0.3) is 0 Å². The number of fused-ring (bicyclic) bond motifs is 1. The van der Waals surface area contributed by atoms with Crippen LogP contribution in [-0.4, -0.2) is 42.8 Å². The van der Waals surface area contributed by atoms with E-state index in [2.05, 4.69) is 35.1 Å². The number of anilines is 2. The Bertz CT molecular complexity index is 889. The lowest BCUT2D eigenvalue weighted by atomic mass is 9.86. The van der Waals surface area contributed by atoms with Crippen LogP contribution < -0.4 is 15.0 Å². The summed E-state index contributed by atoms with van der Waals surface area (Å²) in [6, 6.07) is 10.0. The number of pyridine rings is 1. The molecule has 2 aliphatic rings. The number of ether oxygens (including phenoxy) is 2. The Balaban J connectivity index is 1.43. The number of nitrogens with zero attached hydrogens (tertiary/aromatic N) is 2. The summed E-state index contributed by atoms with van der Waals surface area (Å²) < 4.78 is 11.7. The van der Waals surface area contributed by atoms with E-state index in [1.165, 1.54) is 0 Å². The first-order valence-corrected chi connectivity index (χ1v) is 11.4. The summed E-state index contributed by atoms with van der Waals surface area (Å²) in [4.78, 5) is 19.8. The molecular weight excluding hydrogens is 390 g/mol. The van der Waals surface area contributed by atoms with Crippen molar-refractivity contribution in [2.45, 2.75) is 58.6 Å². The van der Waals surface area contributed by atoms with Gasteiger partial charge in [0, 0.05) is 18.8 Å². The van der Waals surface area contributed by atoms with Crippen LogP contribution in [0.4, 0.5) is 11.5 Å². The van der Waals surface area contributed by atoms with E-state index in [0.717, 1.165) is 49.4 Å². The normalized spacial score (nSPS) is 20.8. The van der Waals surface area contributed by atoms with Gasteiger partial charge in [-0.1, -0.05) is 12.1 Å². The number of hydrogen-bond acceptors (Lipinski definition) is 5. The third kappa shape index (κ3) is 5.18. The number of benzene rings is 1. The van der Waals surface area contributed by atoms with Crippen molar-refractivity contribution in [3.8, 4) is 5.75 Å². The fourth-order valence-electron chi connectivity index (χ4n) is 4.35. The van der Waals surface area contributed by atoms with Gasteiger partial charge in [-0.05, 0) is 76.1 Å². The Morgan fingerprint density at radius 3 is 2.74 bits per heavy atom. The first-order valence-electron chi connectivity index (χ1n) is 11.4. The van der Waals surface area contributed by atoms with E-state index < -0.39 is 0 Å². The number of hydrogen-bond donors (Lipinski definition) is 1. The van der Waals surface area contributed by atoms with Crippen molar-refractivity contribution in [2.24, 2.45) is 5.92 Å². The van der Waals surface area contributed by atoms with E-state index in [1.54, 1.807) is 0 Å². The molecule has 1 aromatic heterocycles. The molecule has 0 bridgehead atoms. The molecule has 0 atom stereocenters. The predicted octanol–water partition coefficient (Wildman–Crippen LogP) is 4.63. The van der Waals surface area contributed by atoms with Gasteiger partial charge in [0.05, 0.1) is 23.9 Å². The SMILES string of the molecule is Cc1ccc(N2CCOc3c(C(=O)N[C@H]4CC[C@H](COC(C)C)CC4)cccc32)nc1. The first-order chi connectivity index (χ1) is 15.0. The van der Waals surface area contributed by atoms with E-state index >= 15 is 0 Å². The van der Waals surface area contributed by atoms with E-state index in [0.29, 0.717) is 30.4 Å². The summed E-state index contributed by atoms with van der Waals surface area (Å²) in [5.74, 6) is 2.05. The van der Waals surface area contributed by atoms with Crippen LogP contribution >= 0.6 is 0 Å². The van der Waals surface area contributed by atoms with Gasteiger partial charge < -0.3 is 19.7 Å². The largest absolute Gasteiger partial charge is 0.489 e. The third-order valence-electron chi connectivity index (χ3n) is 6.11. The van der Waals surface area contributed by atoms with Crippen molar-refractivity contribution in [2.75, 3.05) is 24.7 Å². The fraction of sp³-hybridized carbons (Fsp3) is 0.520. The number of nitrogens with one attached hydrogen (secondary N) is 1. The lowest BCUT2D eigenvalue weighted by molar-refractivity contribution is 0.0385. The zero-order valence-electron chi connectivity index (χ0n) is 18.8. The highest BCUT2D eigenvalue weighted by atomic mass is 16.5. The minimum Gasteiger partial charge on any atom is -0.489 e. The van der Waals surface area contributed by atoms with Crippen LogP contribution in [0.5, 0.6) is 5.75 Å². The van der Waals surface area contributed by atoms with Crippen molar-refractivity contribution < 1.29 is 14.3 Å². The standard InChI is InChI=1S/C25H33N3O3/c1-17(2)31-16-19-8-10-20(11-9-19)27-25(29)21-5-4-6-22-24(21)30-14-13-28(22)23-12-7-18(3)15-26-23/h4-7,12,15,17,19-20H,8-11,13-14,16H2,1-3H3,(H,27,29)/t19-,20-. The maximum Gasteiger partial charge on any atom is 0.255 e. The van der Waals surface area contributed by atoms with Crippen LogP contribution in [0.2, 0.25) is 0 Å². The Hall–Kier alpha value is -2.60. The molecule has 0 spiro atoms. The van der Waals surface area contributed by atoms with Gasteiger partial charge in [0.15, 0.2) is 5.75 Å². The summed E-state index contributed by atoms with van der Waals surface area (Å²) >= 11 is 0. The minimum absolute atomic E-state index is 0.0579. The Kier molecular flexibility index (Phi) is 6.76. The van der Waals surface area contributed by atoms with Crippen LogP contribution in [0.3, 0.4) is 0 Å². The second-order valence-electron chi connectivity index (χ2n) is 8.92. The molecule has 1 fully saturated rings. The maximum atomic E-state index is 13.1. The number of amides is 1. The lowest BCUT2D eigenvalue weighted by Gasteiger charge is -2.32. The van der Waals surface area contributed by atoms with Crippen LogP contribution in [-0.2, 0) is 4.74 Å². The first kappa shape index (κ1) is 21.6. The second kappa shape index (κ2) is 9.69. The second-order valence-corrected chi connectivity index (χ2v) is 8.92. The average Bonchev–Trinajstić information content (AvgIpc) is 2.78. The molecule has 2 heterocycles. The van der Waals surface area contributed by atoms with E-state index in [-0.39, 0.29) is 18.1 Å². The van der Waals surface area contributed by atoms with Crippen molar-refractivity contribution in [3.05, 3.63) is 47.7 Å². The molecule has 31 heavy (non-hydrogen) atoms. The number of aryl methyl sites for hydroxylation is 1. The highest BCUT2D eigenvalue weighted by Gasteiger charge is 2.28. The molecule has 1 amide bonds. The average molecular weight is 424 g/mol. The Morgan fingerprint density at radius 2 is 2.03 bits per heavy atom. The number of para-hydroxylation sites is 1. The minimum atomic E-state index is -0.0579. The molecule has 0 unspecified atom stereocenters. The zero-order valence-corrected chi connectivity index (χ0v) is 18.8. The van der Waals surface area contributed by atoms with Gasteiger partial charge in [-0.25, -0.2) is 4.98 Å². The topological polar surface area (TPSA) is 63.7 Å². The highest BCUT2D eigenvalue weighted by molar-refractivity contribution is 5.99. The van der Waals surface area contributed by atoms with Crippen LogP contribution in [0, 0.1) is 12.8 Å². The molecule has 6 nitrogen and oxygen atoms in total. The molecule has 2 aromatic rings. The quantitative estimate of drug-likeness (QED) is 0.734. The summed E-state index contributed by atoms with van der Waals surface area (Å²) in [6.45, 7) is 8.22. The molecule has 1 aromatic carbocycles. The smallest absolute Gasteiger partial charge is 0.255 e. The summed E-state index contributed by atoms with van der Waals surface area (Å²) in [6.07, 6.45) is 6.31. The maximum absolute atomic E-state index is 13.1. The summed E-state index contributed by atoms with van der Waals surface area (Å²) in [5, 5.41) is 3.24. The third-order valence-corrected chi connectivity index (χ3v) is 6.11. The van der Waals surface area contributed by atoms with Crippen molar-refractivity contribution in [1.82, 2.24) is 10.3 Å². The fourth-order valence-corrected chi connectivity index (χ4v) is 4.35. The van der Waals surface area contributed by atoms with E-state index in [4.69, 9.17) is 9.47 Å². The molecule has 6 heteroatoms. The number of aromatic nitrogens is 1. The molecule has 1 aliphatic carbocycles.